The van der Waals surface area contributed by atoms with Crippen molar-refractivity contribution in [1.29, 1.82) is 0 Å². The SMILES string of the molecule is Cc1ccc(N2CCC(C(=O)NC3CCCC(C(F)(F)F)C3)C2=O)cc1C. The van der Waals surface area contributed by atoms with Crippen LogP contribution in [0, 0.1) is 25.7 Å². The minimum atomic E-state index is -4.23. The van der Waals surface area contributed by atoms with Crippen LogP contribution in [0.1, 0.15) is 43.2 Å². The van der Waals surface area contributed by atoms with Crippen molar-refractivity contribution < 1.29 is 22.8 Å². The van der Waals surface area contributed by atoms with E-state index >= 15 is 0 Å². The Morgan fingerprint density at radius 2 is 1.89 bits per heavy atom. The van der Waals surface area contributed by atoms with Crippen molar-refractivity contribution in [3.63, 3.8) is 0 Å². The highest BCUT2D eigenvalue weighted by Gasteiger charge is 2.44. The molecule has 3 rings (SSSR count). The van der Waals surface area contributed by atoms with Gasteiger partial charge in [0.2, 0.25) is 11.8 Å². The Bertz CT molecular complexity index is 732. The first kappa shape index (κ1) is 19.7. The Morgan fingerprint density at radius 3 is 2.56 bits per heavy atom. The first-order valence-electron chi connectivity index (χ1n) is 9.42. The maximum atomic E-state index is 12.9. The smallest absolute Gasteiger partial charge is 0.353 e. The molecule has 2 fully saturated rings. The summed E-state index contributed by atoms with van der Waals surface area (Å²) in [5.41, 5.74) is 2.94. The molecule has 2 amide bonds. The highest BCUT2D eigenvalue weighted by atomic mass is 19.4. The van der Waals surface area contributed by atoms with Crippen LogP contribution in [0.2, 0.25) is 0 Å². The van der Waals surface area contributed by atoms with Crippen LogP contribution < -0.4 is 10.2 Å². The Kier molecular flexibility index (Phi) is 5.49. The first-order chi connectivity index (χ1) is 12.7. The second-order valence-corrected chi connectivity index (χ2v) is 7.71. The van der Waals surface area contributed by atoms with Crippen molar-refractivity contribution >= 4 is 17.5 Å². The molecule has 1 aliphatic carbocycles. The van der Waals surface area contributed by atoms with Gasteiger partial charge in [0.15, 0.2) is 0 Å². The van der Waals surface area contributed by atoms with Crippen molar-refractivity contribution in [3.8, 4) is 0 Å². The van der Waals surface area contributed by atoms with E-state index in [9.17, 15) is 22.8 Å². The monoisotopic (exact) mass is 382 g/mol. The van der Waals surface area contributed by atoms with Crippen LogP contribution in [0.3, 0.4) is 0 Å². The molecule has 1 aromatic rings. The van der Waals surface area contributed by atoms with Gasteiger partial charge >= 0.3 is 6.18 Å². The van der Waals surface area contributed by atoms with Gasteiger partial charge in [0.1, 0.15) is 5.92 Å². The van der Waals surface area contributed by atoms with E-state index in [1.165, 1.54) is 0 Å². The first-order valence-corrected chi connectivity index (χ1v) is 9.42. The Morgan fingerprint density at radius 1 is 1.15 bits per heavy atom. The van der Waals surface area contributed by atoms with Gasteiger partial charge in [-0.15, -0.1) is 0 Å². The largest absolute Gasteiger partial charge is 0.391 e. The normalized spacial score (nSPS) is 26.3. The molecule has 3 unspecified atom stereocenters. The molecule has 4 nitrogen and oxygen atoms in total. The second kappa shape index (κ2) is 7.52. The zero-order chi connectivity index (χ0) is 19.8. The standard InChI is InChI=1S/C20H25F3N2O2/c1-12-6-7-16(10-13(12)2)25-9-8-17(19(25)27)18(26)24-15-5-3-4-14(11-15)20(21,22)23/h6-7,10,14-15,17H,3-5,8-9,11H2,1-2H3,(H,24,26). The molecule has 0 spiro atoms. The fourth-order valence-electron chi connectivity index (χ4n) is 3.99. The number of amides is 2. The molecular weight excluding hydrogens is 357 g/mol. The topological polar surface area (TPSA) is 49.4 Å². The van der Waals surface area contributed by atoms with Gasteiger partial charge in [0, 0.05) is 18.3 Å². The van der Waals surface area contributed by atoms with Crippen molar-refractivity contribution in [1.82, 2.24) is 5.32 Å². The Hall–Kier alpha value is -2.05. The lowest BCUT2D eigenvalue weighted by molar-refractivity contribution is -0.184. The lowest BCUT2D eigenvalue weighted by Crippen LogP contribution is -2.45. The summed E-state index contributed by atoms with van der Waals surface area (Å²) in [6, 6.07) is 5.20. The molecule has 2 aliphatic rings. The zero-order valence-corrected chi connectivity index (χ0v) is 15.6. The number of alkyl halides is 3. The maximum absolute atomic E-state index is 12.9. The highest BCUT2D eigenvalue weighted by molar-refractivity contribution is 6.09. The summed E-state index contributed by atoms with van der Waals surface area (Å²) in [5, 5.41) is 2.70. The molecule has 1 N–H and O–H groups in total. The van der Waals surface area contributed by atoms with Crippen molar-refractivity contribution in [3.05, 3.63) is 29.3 Å². The lowest BCUT2D eigenvalue weighted by Gasteiger charge is -2.31. The molecular formula is C20H25F3N2O2. The molecule has 1 heterocycles. The van der Waals surface area contributed by atoms with E-state index in [4.69, 9.17) is 0 Å². The Balaban J connectivity index is 1.62. The van der Waals surface area contributed by atoms with Crippen LogP contribution in [-0.4, -0.2) is 30.6 Å². The summed E-state index contributed by atoms with van der Waals surface area (Å²) in [6.07, 6.45) is -2.88. The second-order valence-electron chi connectivity index (χ2n) is 7.71. The number of hydrogen-bond acceptors (Lipinski definition) is 2. The van der Waals surface area contributed by atoms with E-state index in [-0.39, 0.29) is 18.7 Å². The van der Waals surface area contributed by atoms with E-state index in [1.807, 2.05) is 32.0 Å². The lowest BCUT2D eigenvalue weighted by atomic mass is 9.85. The number of rotatable bonds is 3. The van der Waals surface area contributed by atoms with Gasteiger partial charge in [-0.05, 0) is 62.8 Å². The van der Waals surface area contributed by atoms with Crippen LogP contribution >= 0.6 is 0 Å². The van der Waals surface area contributed by atoms with Gasteiger partial charge < -0.3 is 10.2 Å². The third kappa shape index (κ3) is 4.28. The van der Waals surface area contributed by atoms with Crippen molar-refractivity contribution in [2.45, 2.75) is 58.2 Å². The molecule has 0 radical (unpaired) electrons. The number of benzene rings is 1. The van der Waals surface area contributed by atoms with Crippen LogP contribution in [0.25, 0.3) is 0 Å². The van der Waals surface area contributed by atoms with Gasteiger partial charge in [-0.3, -0.25) is 9.59 Å². The van der Waals surface area contributed by atoms with Gasteiger partial charge in [-0.2, -0.15) is 13.2 Å². The van der Waals surface area contributed by atoms with Crippen LogP contribution in [0.15, 0.2) is 18.2 Å². The minimum Gasteiger partial charge on any atom is -0.353 e. The summed E-state index contributed by atoms with van der Waals surface area (Å²) >= 11 is 0. The summed E-state index contributed by atoms with van der Waals surface area (Å²) in [7, 11) is 0. The number of anilines is 1. The molecule has 148 valence electrons. The maximum Gasteiger partial charge on any atom is 0.391 e. The predicted molar refractivity (Wildman–Crippen MR) is 96.3 cm³/mol. The zero-order valence-electron chi connectivity index (χ0n) is 15.6. The van der Waals surface area contributed by atoms with Gasteiger partial charge in [0.05, 0.1) is 5.92 Å². The number of nitrogens with one attached hydrogen (secondary N) is 1. The number of halogens is 3. The molecule has 3 atom stereocenters. The fourth-order valence-corrected chi connectivity index (χ4v) is 3.99. The molecule has 27 heavy (non-hydrogen) atoms. The van der Waals surface area contributed by atoms with Crippen molar-refractivity contribution in [2.24, 2.45) is 11.8 Å². The molecule has 1 saturated heterocycles. The fraction of sp³-hybridized carbons (Fsp3) is 0.600. The number of aryl methyl sites for hydroxylation is 2. The van der Waals surface area contributed by atoms with E-state index in [0.29, 0.717) is 25.8 Å². The molecule has 0 bridgehead atoms. The Labute approximate surface area is 157 Å². The molecule has 1 saturated carbocycles. The highest BCUT2D eigenvalue weighted by Crippen LogP contribution is 2.37. The van der Waals surface area contributed by atoms with Crippen LogP contribution in [0.5, 0.6) is 0 Å². The summed E-state index contributed by atoms with van der Waals surface area (Å²) < 4.78 is 38.8. The summed E-state index contributed by atoms with van der Waals surface area (Å²) in [4.78, 5) is 26.8. The molecule has 1 aliphatic heterocycles. The van der Waals surface area contributed by atoms with Crippen LogP contribution in [0.4, 0.5) is 18.9 Å². The quantitative estimate of drug-likeness (QED) is 0.807. The van der Waals surface area contributed by atoms with Gasteiger partial charge in [0.25, 0.3) is 0 Å². The van der Waals surface area contributed by atoms with E-state index in [1.54, 1.807) is 4.90 Å². The molecule has 7 heteroatoms. The third-order valence-corrected chi connectivity index (χ3v) is 5.81. The van der Waals surface area contributed by atoms with E-state index in [0.717, 1.165) is 16.8 Å². The van der Waals surface area contributed by atoms with E-state index < -0.39 is 30.0 Å². The predicted octanol–water partition coefficient (Wildman–Crippen LogP) is 3.89. The van der Waals surface area contributed by atoms with E-state index in [2.05, 4.69) is 5.32 Å². The minimum absolute atomic E-state index is 0.100. The molecule has 1 aromatic carbocycles. The number of hydrogen-bond donors (Lipinski definition) is 1. The summed E-state index contributed by atoms with van der Waals surface area (Å²) in [6.45, 7) is 4.39. The average Bonchev–Trinajstić information content (AvgIpc) is 2.98. The number of carbonyl (C=O) groups excluding carboxylic acids is 2. The van der Waals surface area contributed by atoms with Crippen molar-refractivity contribution in [2.75, 3.05) is 11.4 Å². The van der Waals surface area contributed by atoms with Gasteiger partial charge in [-0.1, -0.05) is 12.5 Å². The summed E-state index contributed by atoms with van der Waals surface area (Å²) in [5.74, 6) is -2.92. The number of carbonyl (C=O) groups is 2. The number of nitrogens with zero attached hydrogens (tertiary/aromatic N) is 1. The average molecular weight is 382 g/mol. The van der Waals surface area contributed by atoms with Gasteiger partial charge in [-0.25, -0.2) is 0 Å². The van der Waals surface area contributed by atoms with Crippen LogP contribution in [-0.2, 0) is 9.59 Å². The third-order valence-electron chi connectivity index (χ3n) is 5.81. The molecule has 0 aromatic heterocycles.